The van der Waals surface area contributed by atoms with Gasteiger partial charge in [-0.15, -0.1) is 10.2 Å². The van der Waals surface area contributed by atoms with E-state index < -0.39 is 4.92 Å². The molecule has 2 aromatic carbocycles. The maximum atomic E-state index is 12.2. The summed E-state index contributed by atoms with van der Waals surface area (Å²) < 4.78 is 7.51. The Kier molecular flexibility index (Phi) is 8.32. The SMILES string of the molecule is Cn1c(CCCOc2ccc(Cl)cc2Cl)nnc1SCC(=O)Nc1ccc([N+](=O)[O-])cc1. The number of carbonyl (C=O) groups is 1. The lowest BCUT2D eigenvalue weighted by molar-refractivity contribution is -0.384. The Morgan fingerprint density at radius 1 is 1.22 bits per heavy atom. The number of aryl methyl sites for hydroxylation is 1. The molecule has 3 rings (SSSR count). The topological polar surface area (TPSA) is 112 Å². The average Bonchev–Trinajstić information content (AvgIpc) is 3.11. The van der Waals surface area contributed by atoms with E-state index in [1.165, 1.54) is 36.0 Å². The highest BCUT2D eigenvalue weighted by Gasteiger charge is 2.12. The molecule has 9 nitrogen and oxygen atoms in total. The molecule has 168 valence electrons. The standard InChI is InChI=1S/C20H19Cl2N5O4S/c1-26-18(3-2-10-31-17-9-4-13(21)11-16(17)22)24-25-20(26)32-12-19(28)23-14-5-7-15(8-6-14)27(29)30/h4-9,11H,2-3,10,12H2,1H3,(H,23,28). The number of hydrogen-bond acceptors (Lipinski definition) is 7. The minimum absolute atomic E-state index is 0.0364. The zero-order chi connectivity index (χ0) is 23.1. The Balaban J connectivity index is 1.43. The number of ether oxygens (including phenoxy) is 1. The van der Waals surface area contributed by atoms with Crippen LogP contribution in [0.2, 0.25) is 10.0 Å². The second-order valence-electron chi connectivity index (χ2n) is 6.63. The molecule has 0 radical (unpaired) electrons. The summed E-state index contributed by atoms with van der Waals surface area (Å²) in [6, 6.07) is 10.7. The number of carbonyl (C=O) groups excluding carboxylic acids is 1. The summed E-state index contributed by atoms with van der Waals surface area (Å²) in [4.78, 5) is 22.3. The number of benzene rings is 2. The third-order valence-electron chi connectivity index (χ3n) is 4.32. The summed E-state index contributed by atoms with van der Waals surface area (Å²) in [5.74, 6) is 1.22. The molecule has 1 amide bonds. The quantitative estimate of drug-likeness (QED) is 0.186. The number of amides is 1. The van der Waals surface area contributed by atoms with Crippen LogP contribution in [0.4, 0.5) is 11.4 Å². The van der Waals surface area contributed by atoms with E-state index in [9.17, 15) is 14.9 Å². The number of halogens is 2. The molecule has 0 bridgehead atoms. The predicted octanol–water partition coefficient (Wildman–Crippen LogP) is 4.77. The molecule has 3 aromatic rings. The molecule has 1 aromatic heterocycles. The lowest BCUT2D eigenvalue weighted by Crippen LogP contribution is -2.14. The zero-order valence-corrected chi connectivity index (χ0v) is 19.3. The van der Waals surface area contributed by atoms with E-state index in [0.717, 1.165) is 5.82 Å². The molecule has 0 saturated carbocycles. The highest BCUT2D eigenvalue weighted by molar-refractivity contribution is 7.99. The minimum Gasteiger partial charge on any atom is -0.492 e. The van der Waals surface area contributed by atoms with Crippen molar-refractivity contribution in [1.82, 2.24) is 14.8 Å². The fourth-order valence-corrected chi connectivity index (χ4v) is 3.88. The van der Waals surface area contributed by atoms with Gasteiger partial charge in [0.25, 0.3) is 5.69 Å². The Labute approximate surface area is 198 Å². The number of non-ortho nitro benzene ring substituents is 1. The molecular weight excluding hydrogens is 477 g/mol. The van der Waals surface area contributed by atoms with E-state index in [1.54, 1.807) is 18.2 Å². The number of nitrogens with one attached hydrogen (secondary N) is 1. The minimum atomic E-state index is -0.494. The van der Waals surface area contributed by atoms with Crippen molar-refractivity contribution in [2.24, 2.45) is 7.05 Å². The average molecular weight is 496 g/mol. The number of rotatable bonds is 10. The molecule has 1 heterocycles. The van der Waals surface area contributed by atoms with Gasteiger partial charge < -0.3 is 14.6 Å². The Morgan fingerprint density at radius 2 is 1.97 bits per heavy atom. The van der Waals surface area contributed by atoms with E-state index in [-0.39, 0.29) is 17.3 Å². The van der Waals surface area contributed by atoms with Gasteiger partial charge in [-0.2, -0.15) is 0 Å². The summed E-state index contributed by atoms with van der Waals surface area (Å²) >= 11 is 13.2. The van der Waals surface area contributed by atoms with Gasteiger partial charge in [-0.3, -0.25) is 14.9 Å². The van der Waals surface area contributed by atoms with Gasteiger partial charge in [0, 0.05) is 36.3 Å². The summed E-state index contributed by atoms with van der Waals surface area (Å²) in [5.41, 5.74) is 0.450. The summed E-state index contributed by atoms with van der Waals surface area (Å²) in [5, 5.41) is 23.3. The van der Waals surface area contributed by atoms with Gasteiger partial charge in [0.05, 0.1) is 22.3 Å². The van der Waals surface area contributed by atoms with E-state index in [1.807, 2.05) is 11.6 Å². The van der Waals surface area contributed by atoms with Crippen LogP contribution in [0.1, 0.15) is 12.2 Å². The molecule has 1 N–H and O–H groups in total. The smallest absolute Gasteiger partial charge is 0.269 e. The molecule has 0 aliphatic rings. The Morgan fingerprint density at radius 3 is 2.66 bits per heavy atom. The molecule has 0 aliphatic heterocycles. The first-order chi connectivity index (χ1) is 15.3. The molecule has 0 spiro atoms. The van der Waals surface area contributed by atoms with E-state index >= 15 is 0 Å². The van der Waals surface area contributed by atoms with Gasteiger partial charge in [0.2, 0.25) is 5.91 Å². The summed E-state index contributed by atoms with van der Waals surface area (Å²) in [6.45, 7) is 0.453. The van der Waals surface area contributed by atoms with Crippen LogP contribution in [0.3, 0.4) is 0 Å². The zero-order valence-electron chi connectivity index (χ0n) is 17.0. The number of aromatic nitrogens is 3. The molecule has 32 heavy (non-hydrogen) atoms. The molecule has 0 unspecified atom stereocenters. The van der Waals surface area contributed by atoms with Gasteiger partial charge in [0.15, 0.2) is 5.16 Å². The number of nitrogens with zero attached hydrogens (tertiary/aromatic N) is 4. The number of anilines is 1. The second-order valence-corrected chi connectivity index (χ2v) is 8.41. The number of nitro groups is 1. The van der Waals surface area contributed by atoms with Crippen LogP contribution < -0.4 is 10.1 Å². The van der Waals surface area contributed by atoms with Gasteiger partial charge >= 0.3 is 0 Å². The highest BCUT2D eigenvalue weighted by atomic mass is 35.5. The first-order valence-corrected chi connectivity index (χ1v) is 11.2. The first kappa shape index (κ1) is 23.8. The Hall–Kier alpha value is -2.82. The number of nitro benzene ring substituents is 1. The fraction of sp³-hybridized carbons (Fsp3) is 0.250. The summed E-state index contributed by atoms with van der Waals surface area (Å²) in [6.07, 6.45) is 1.35. The lowest BCUT2D eigenvalue weighted by atomic mass is 10.3. The maximum absolute atomic E-state index is 12.2. The van der Waals surface area contributed by atoms with Crippen LogP contribution in [-0.2, 0) is 18.3 Å². The van der Waals surface area contributed by atoms with Gasteiger partial charge in [-0.25, -0.2) is 0 Å². The largest absolute Gasteiger partial charge is 0.492 e. The number of thioether (sulfide) groups is 1. The molecule has 0 atom stereocenters. The van der Waals surface area contributed by atoms with Crippen molar-refractivity contribution in [2.75, 3.05) is 17.7 Å². The van der Waals surface area contributed by atoms with Gasteiger partial charge in [-0.05, 0) is 36.8 Å². The van der Waals surface area contributed by atoms with Crippen LogP contribution in [0.15, 0.2) is 47.6 Å². The van der Waals surface area contributed by atoms with E-state index in [2.05, 4.69) is 15.5 Å². The van der Waals surface area contributed by atoms with Crippen LogP contribution in [-0.4, -0.2) is 38.0 Å². The third kappa shape index (κ3) is 6.59. The van der Waals surface area contributed by atoms with Crippen molar-refractivity contribution < 1.29 is 14.5 Å². The predicted molar refractivity (Wildman–Crippen MR) is 124 cm³/mol. The van der Waals surface area contributed by atoms with E-state index in [0.29, 0.717) is 46.1 Å². The normalized spacial score (nSPS) is 10.7. The Bertz CT molecular complexity index is 1110. The van der Waals surface area contributed by atoms with Crippen molar-refractivity contribution in [3.63, 3.8) is 0 Å². The van der Waals surface area contributed by atoms with Crippen LogP contribution in [0.25, 0.3) is 0 Å². The maximum Gasteiger partial charge on any atom is 0.269 e. The second kappa shape index (κ2) is 11.2. The van der Waals surface area contributed by atoms with Crippen LogP contribution in [0.5, 0.6) is 5.75 Å². The number of hydrogen-bond donors (Lipinski definition) is 1. The van der Waals surface area contributed by atoms with Crippen molar-refractivity contribution in [1.29, 1.82) is 0 Å². The molecule has 0 fully saturated rings. The molecular formula is C20H19Cl2N5O4S. The monoisotopic (exact) mass is 495 g/mol. The first-order valence-electron chi connectivity index (χ1n) is 9.46. The van der Waals surface area contributed by atoms with Crippen molar-refractivity contribution >= 4 is 52.2 Å². The highest BCUT2D eigenvalue weighted by Crippen LogP contribution is 2.27. The van der Waals surface area contributed by atoms with Crippen LogP contribution in [0, 0.1) is 10.1 Å². The molecule has 0 aliphatic carbocycles. The van der Waals surface area contributed by atoms with Crippen LogP contribution >= 0.6 is 35.0 Å². The molecule has 12 heteroatoms. The summed E-state index contributed by atoms with van der Waals surface area (Å²) in [7, 11) is 1.84. The lowest BCUT2D eigenvalue weighted by Gasteiger charge is -2.08. The van der Waals surface area contributed by atoms with Crippen molar-refractivity contribution in [3.05, 3.63) is 68.4 Å². The van der Waals surface area contributed by atoms with Crippen molar-refractivity contribution in [2.45, 2.75) is 18.0 Å². The van der Waals surface area contributed by atoms with Crippen molar-refractivity contribution in [3.8, 4) is 5.75 Å². The fourth-order valence-electron chi connectivity index (χ4n) is 2.69. The van der Waals surface area contributed by atoms with E-state index in [4.69, 9.17) is 27.9 Å². The van der Waals surface area contributed by atoms with Gasteiger partial charge in [0.1, 0.15) is 11.6 Å². The van der Waals surface area contributed by atoms with Gasteiger partial charge in [-0.1, -0.05) is 35.0 Å². The molecule has 0 saturated heterocycles. The third-order valence-corrected chi connectivity index (χ3v) is 5.87.